The van der Waals surface area contributed by atoms with Gasteiger partial charge in [0.15, 0.2) is 11.5 Å². The van der Waals surface area contributed by atoms with Crippen LogP contribution < -0.4 is 0 Å². The molecule has 1 aromatic carbocycles. The fourth-order valence-corrected chi connectivity index (χ4v) is 4.95. The lowest BCUT2D eigenvalue weighted by Crippen LogP contribution is -2.39. The number of carbonyl (C=O) groups excluding carboxylic acids is 2. The van der Waals surface area contributed by atoms with E-state index in [4.69, 9.17) is 9.84 Å². The van der Waals surface area contributed by atoms with E-state index in [0.29, 0.717) is 25.0 Å². The molecule has 30 heavy (non-hydrogen) atoms. The number of unbranched alkanes of at least 4 members (excludes halogenated alkanes) is 2. The minimum Gasteiger partial charge on any atom is -0.483 e. The third-order valence-corrected chi connectivity index (χ3v) is 6.54. The number of hydrogen-bond donors (Lipinski definition) is 1. The largest absolute Gasteiger partial charge is 0.483 e. The van der Waals surface area contributed by atoms with Crippen LogP contribution in [0.3, 0.4) is 0 Å². The molecule has 3 unspecified atom stereocenters. The highest BCUT2D eigenvalue weighted by atomic mass is 16.5. The number of amides is 1. The number of ketones is 1. The van der Waals surface area contributed by atoms with Gasteiger partial charge in [0.25, 0.3) is 5.91 Å². The van der Waals surface area contributed by atoms with Crippen molar-refractivity contribution in [3.63, 3.8) is 0 Å². The van der Waals surface area contributed by atoms with Crippen molar-refractivity contribution in [1.29, 1.82) is 0 Å². The van der Waals surface area contributed by atoms with E-state index in [9.17, 15) is 14.4 Å². The third kappa shape index (κ3) is 3.87. The Morgan fingerprint density at radius 3 is 2.57 bits per heavy atom. The quantitative estimate of drug-likeness (QED) is 0.687. The van der Waals surface area contributed by atoms with Crippen molar-refractivity contribution in [3.8, 4) is 0 Å². The number of hydrogen-bond acceptors (Lipinski definition) is 4. The molecule has 1 fully saturated rings. The predicted octanol–water partition coefficient (Wildman–Crippen LogP) is 3.94. The molecule has 1 N–H and O–H groups in total. The maximum Gasteiger partial charge on any atom is 0.303 e. The fraction of sp³-hybridized carbons (Fsp3) is 0.542. The van der Waals surface area contributed by atoms with Crippen LogP contribution in [0.4, 0.5) is 0 Å². The van der Waals surface area contributed by atoms with Crippen molar-refractivity contribution in [2.45, 2.75) is 70.4 Å². The molecule has 1 amide bonds. The van der Waals surface area contributed by atoms with Gasteiger partial charge in [-0.15, -0.1) is 0 Å². The number of benzene rings is 1. The highest BCUT2D eigenvalue weighted by Crippen LogP contribution is 2.46. The molecule has 6 heteroatoms. The molecule has 3 atom stereocenters. The summed E-state index contributed by atoms with van der Waals surface area (Å²) in [5.74, 6) is -0.823. The summed E-state index contributed by atoms with van der Waals surface area (Å²) in [6.45, 7) is 2.49. The minimum absolute atomic E-state index is 0.0771. The standard InChI is InChI=1S/C24H29NO5/c1-15-10-12-16(13-11-15)21-20-22(28)17-7-4-5-8-18(17)30-23(20)24(29)25(21)14-6-2-3-9-19(26)27/h10-13,17-18,21H,2-9,14H2,1H3,(H,26,27). The summed E-state index contributed by atoms with van der Waals surface area (Å²) in [6, 6.07) is 7.56. The molecule has 4 rings (SSSR count). The number of aryl methyl sites for hydroxylation is 1. The zero-order valence-corrected chi connectivity index (χ0v) is 17.4. The topological polar surface area (TPSA) is 83.9 Å². The first-order valence-electron chi connectivity index (χ1n) is 11.0. The Kier molecular flexibility index (Phi) is 5.93. The Bertz CT molecular complexity index is 872. The SMILES string of the molecule is Cc1ccc(C2C3=C(OC4CCCCC4C3=O)C(=O)N2CCCCCC(=O)O)cc1. The summed E-state index contributed by atoms with van der Waals surface area (Å²) in [6.07, 6.45) is 5.66. The number of carboxylic acid groups (broad SMARTS) is 1. The molecule has 0 saturated heterocycles. The zero-order valence-electron chi connectivity index (χ0n) is 17.4. The Labute approximate surface area is 176 Å². The molecular weight excluding hydrogens is 382 g/mol. The van der Waals surface area contributed by atoms with Crippen LogP contribution in [0.15, 0.2) is 35.6 Å². The van der Waals surface area contributed by atoms with Gasteiger partial charge in [0.2, 0.25) is 0 Å². The van der Waals surface area contributed by atoms with Gasteiger partial charge in [-0.1, -0.05) is 42.7 Å². The van der Waals surface area contributed by atoms with E-state index in [0.717, 1.165) is 43.2 Å². The van der Waals surface area contributed by atoms with Gasteiger partial charge in [-0.2, -0.15) is 0 Å². The second kappa shape index (κ2) is 8.62. The molecule has 0 aromatic heterocycles. The average molecular weight is 411 g/mol. The zero-order chi connectivity index (χ0) is 21.3. The lowest BCUT2D eigenvalue weighted by atomic mass is 9.77. The van der Waals surface area contributed by atoms with E-state index in [1.54, 1.807) is 4.90 Å². The third-order valence-electron chi connectivity index (χ3n) is 6.54. The predicted molar refractivity (Wildman–Crippen MR) is 111 cm³/mol. The number of fused-ring (bicyclic) bond motifs is 1. The second-order valence-corrected chi connectivity index (χ2v) is 8.67. The van der Waals surface area contributed by atoms with Gasteiger partial charge in [-0.05, 0) is 44.6 Å². The van der Waals surface area contributed by atoms with Gasteiger partial charge in [-0.25, -0.2) is 0 Å². The summed E-state index contributed by atoms with van der Waals surface area (Å²) in [4.78, 5) is 39.2. The molecule has 3 aliphatic rings. The van der Waals surface area contributed by atoms with Gasteiger partial charge in [0, 0.05) is 13.0 Å². The Morgan fingerprint density at radius 2 is 1.83 bits per heavy atom. The van der Waals surface area contributed by atoms with Crippen LogP contribution >= 0.6 is 0 Å². The monoisotopic (exact) mass is 411 g/mol. The second-order valence-electron chi connectivity index (χ2n) is 8.67. The first-order chi connectivity index (χ1) is 14.5. The van der Waals surface area contributed by atoms with Crippen LogP contribution in [0.1, 0.15) is 68.5 Å². The fourth-order valence-electron chi connectivity index (χ4n) is 4.95. The van der Waals surface area contributed by atoms with E-state index in [-0.39, 0.29) is 35.9 Å². The van der Waals surface area contributed by atoms with Crippen LogP contribution in [0.2, 0.25) is 0 Å². The Morgan fingerprint density at radius 1 is 1.10 bits per heavy atom. The van der Waals surface area contributed by atoms with Gasteiger partial charge in [0.1, 0.15) is 6.10 Å². The maximum absolute atomic E-state index is 13.5. The van der Waals surface area contributed by atoms with Gasteiger partial charge in [0.05, 0.1) is 17.5 Å². The molecule has 1 aliphatic carbocycles. The molecule has 160 valence electrons. The van der Waals surface area contributed by atoms with Crippen molar-refractivity contribution in [2.75, 3.05) is 6.54 Å². The number of Topliss-reactive ketones (excluding diaryl/α,β-unsaturated/α-hetero) is 1. The van der Waals surface area contributed by atoms with Crippen LogP contribution in [0.5, 0.6) is 0 Å². The minimum atomic E-state index is -0.802. The molecule has 1 aromatic rings. The average Bonchev–Trinajstić information content (AvgIpc) is 3.01. The van der Waals surface area contributed by atoms with Crippen LogP contribution in [0, 0.1) is 12.8 Å². The van der Waals surface area contributed by atoms with Crippen LogP contribution in [0.25, 0.3) is 0 Å². The molecule has 1 saturated carbocycles. The van der Waals surface area contributed by atoms with Crippen molar-refractivity contribution in [1.82, 2.24) is 4.90 Å². The lowest BCUT2D eigenvalue weighted by molar-refractivity contribution is -0.137. The lowest BCUT2D eigenvalue weighted by Gasteiger charge is -2.35. The Balaban J connectivity index is 1.60. The number of carbonyl (C=O) groups is 3. The summed E-state index contributed by atoms with van der Waals surface area (Å²) in [5, 5.41) is 8.83. The van der Waals surface area contributed by atoms with Crippen LogP contribution in [-0.4, -0.2) is 40.3 Å². The highest BCUT2D eigenvalue weighted by molar-refractivity contribution is 6.11. The van der Waals surface area contributed by atoms with Crippen molar-refractivity contribution in [3.05, 3.63) is 46.7 Å². The first-order valence-corrected chi connectivity index (χ1v) is 11.0. The maximum atomic E-state index is 13.5. The van der Waals surface area contributed by atoms with E-state index in [2.05, 4.69) is 0 Å². The highest BCUT2D eigenvalue weighted by Gasteiger charge is 2.51. The molecule has 6 nitrogen and oxygen atoms in total. The summed E-state index contributed by atoms with van der Waals surface area (Å²) >= 11 is 0. The van der Waals surface area contributed by atoms with E-state index in [1.807, 2.05) is 31.2 Å². The number of aliphatic carboxylic acids is 1. The number of nitrogens with zero attached hydrogens (tertiary/aromatic N) is 1. The Hall–Kier alpha value is -2.63. The van der Waals surface area contributed by atoms with E-state index < -0.39 is 12.0 Å². The molecule has 0 bridgehead atoms. The van der Waals surface area contributed by atoms with Crippen LogP contribution in [-0.2, 0) is 19.1 Å². The van der Waals surface area contributed by atoms with Gasteiger partial charge in [-0.3, -0.25) is 14.4 Å². The number of carboxylic acids is 1. The van der Waals surface area contributed by atoms with E-state index >= 15 is 0 Å². The smallest absolute Gasteiger partial charge is 0.303 e. The normalized spacial score (nSPS) is 25.8. The van der Waals surface area contributed by atoms with Gasteiger partial charge >= 0.3 is 5.97 Å². The molecule has 0 spiro atoms. The summed E-state index contributed by atoms with van der Waals surface area (Å²) < 4.78 is 6.15. The first kappa shape index (κ1) is 20.6. The summed E-state index contributed by atoms with van der Waals surface area (Å²) in [5.41, 5.74) is 2.57. The van der Waals surface area contributed by atoms with Gasteiger partial charge < -0.3 is 14.7 Å². The van der Waals surface area contributed by atoms with Crippen molar-refractivity contribution in [2.24, 2.45) is 5.92 Å². The molecule has 2 heterocycles. The number of rotatable bonds is 7. The summed E-state index contributed by atoms with van der Waals surface area (Å²) in [7, 11) is 0. The van der Waals surface area contributed by atoms with Crippen molar-refractivity contribution >= 4 is 17.7 Å². The van der Waals surface area contributed by atoms with E-state index in [1.165, 1.54) is 0 Å². The molecule has 0 radical (unpaired) electrons. The molecule has 2 aliphatic heterocycles. The molecular formula is C24H29NO5. The van der Waals surface area contributed by atoms with Crippen molar-refractivity contribution < 1.29 is 24.2 Å². The number of ether oxygens (including phenoxy) is 1.